The number of hydrogen-bond donors (Lipinski definition) is 0. The van der Waals surface area contributed by atoms with E-state index in [4.69, 9.17) is 10.00 Å². The summed E-state index contributed by atoms with van der Waals surface area (Å²) < 4.78 is 5.69. The molecule has 78 valence electrons. The van der Waals surface area contributed by atoms with Crippen LogP contribution in [0.1, 0.15) is 30.4 Å². The van der Waals surface area contributed by atoms with Crippen LogP contribution in [0.5, 0.6) is 5.75 Å². The van der Waals surface area contributed by atoms with Gasteiger partial charge in [-0.25, -0.2) is 0 Å². The van der Waals surface area contributed by atoms with E-state index < -0.39 is 0 Å². The van der Waals surface area contributed by atoms with Crippen LogP contribution in [-0.4, -0.2) is 6.61 Å². The van der Waals surface area contributed by atoms with Gasteiger partial charge in [-0.1, -0.05) is 12.5 Å². The molecular formula is C13H15NO. The van der Waals surface area contributed by atoms with E-state index in [0.717, 1.165) is 17.9 Å². The molecule has 1 aromatic rings. The molecule has 1 aliphatic rings. The van der Waals surface area contributed by atoms with E-state index in [2.05, 4.69) is 6.07 Å². The summed E-state index contributed by atoms with van der Waals surface area (Å²) in [6, 6.07) is 7.86. The van der Waals surface area contributed by atoms with Gasteiger partial charge >= 0.3 is 0 Å². The van der Waals surface area contributed by atoms with E-state index >= 15 is 0 Å². The molecule has 0 atom stereocenters. The number of ether oxygens (including phenoxy) is 1. The fourth-order valence-electron chi connectivity index (χ4n) is 1.71. The fraction of sp³-hybridized carbons (Fsp3) is 0.462. The normalized spacial score (nSPS) is 15.5. The summed E-state index contributed by atoms with van der Waals surface area (Å²) in [5, 5.41) is 8.92. The maximum Gasteiger partial charge on any atom is 0.137 e. The van der Waals surface area contributed by atoms with Crippen molar-refractivity contribution >= 4 is 0 Å². The molecule has 0 aliphatic heterocycles. The Balaban J connectivity index is 2.05. The highest BCUT2D eigenvalue weighted by Gasteiger charge is 2.18. The quantitative estimate of drug-likeness (QED) is 0.753. The third-order valence-corrected chi connectivity index (χ3v) is 2.96. The molecule has 2 rings (SSSR count). The Morgan fingerprint density at radius 3 is 2.87 bits per heavy atom. The van der Waals surface area contributed by atoms with E-state index in [0.29, 0.717) is 11.5 Å². The van der Waals surface area contributed by atoms with Crippen molar-refractivity contribution in [3.63, 3.8) is 0 Å². The molecule has 2 nitrogen and oxygen atoms in total. The summed E-state index contributed by atoms with van der Waals surface area (Å²) >= 11 is 0. The second-order valence-electron chi connectivity index (χ2n) is 4.22. The molecule has 0 radical (unpaired) electrons. The summed E-state index contributed by atoms with van der Waals surface area (Å²) in [6.45, 7) is 2.77. The summed E-state index contributed by atoms with van der Waals surface area (Å²) in [5.41, 5.74) is 1.78. The van der Waals surface area contributed by atoms with E-state index in [1.54, 1.807) is 0 Å². The molecule has 1 saturated carbocycles. The SMILES string of the molecule is Cc1ccc(C#N)c(OCC2CCC2)c1. The highest BCUT2D eigenvalue weighted by Crippen LogP contribution is 2.28. The number of hydrogen-bond acceptors (Lipinski definition) is 2. The van der Waals surface area contributed by atoms with Crippen molar-refractivity contribution < 1.29 is 4.74 Å². The zero-order valence-corrected chi connectivity index (χ0v) is 8.99. The van der Waals surface area contributed by atoms with Gasteiger partial charge in [-0.3, -0.25) is 0 Å². The molecule has 0 aromatic heterocycles. The summed E-state index contributed by atoms with van der Waals surface area (Å²) in [6.07, 6.45) is 3.87. The zero-order valence-electron chi connectivity index (χ0n) is 8.99. The van der Waals surface area contributed by atoms with Crippen molar-refractivity contribution in [2.75, 3.05) is 6.61 Å². The Kier molecular flexibility index (Phi) is 2.91. The van der Waals surface area contributed by atoms with Crippen molar-refractivity contribution in [3.8, 4) is 11.8 Å². The molecule has 0 bridgehead atoms. The first-order valence-electron chi connectivity index (χ1n) is 5.43. The van der Waals surface area contributed by atoms with Crippen LogP contribution >= 0.6 is 0 Å². The molecular weight excluding hydrogens is 186 g/mol. The lowest BCUT2D eigenvalue weighted by Crippen LogP contribution is -2.19. The molecule has 1 fully saturated rings. The molecule has 0 amide bonds. The lowest BCUT2D eigenvalue weighted by molar-refractivity contribution is 0.180. The molecule has 1 aromatic carbocycles. The summed E-state index contributed by atoms with van der Waals surface area (Å²) in [5.74, 6) is 1.45. The minimum atomic E-state index is 0.639. The van der Waals surface area contributed by atoms with Gasteiger partial charge < -0.3 is 4.74 Å². The Morgan fingerprint density at radius 1 is 1.47 bits per heavy atom. The van der Waals surface area contributed by atoms with Crippen LogP contribution in [0.4, 0.5) is 0 Å². The molecule has 0 saturated heterocycles. The van der Waals surface area contributed by atoms with Gasteiger partial charge in [-0.05, 0) is 43.4 Å². The van der Waals surface area contributed by atoms with Gasteiger partial charge in [0.25, 0.3) is 0 Å². The van der Waals surface area contributed by atoms with Gasteiger partial charge in [0.15, 0.2) is 0 Å². The fourth-order valence-corrected chi connectivity index (χ4v) is 1.71. The second kappa shape index (κ2) is 4.35. The van der Waals surface area contributed by atoms with E-state index in [1.165, 1.54) is 19.3 Å². The number of benzene rings is 1. The van der Waals surface area contributed by atoms with E-state index in [1.807, 2.05) is 25.1 Å². The third-order valence-electron chi connectivity index (χ3n) is 2.96. The molecule has 0 spiro atoms. The van der Waals surface area contributed by atoms with Crippen molar-refractivity contribution in [2.24, 2.45) is 5.92 Å². The van der Waals surface area contributed by atoms with Gasteiger partial charge in [0.05, 0.1) is 12.2 Å². The number of aryl methyl sites for hydroxylation is 1. The van der Waals surface area contributed by atoms with Crippen LogP contribution in [-0.2, 0) is 0 Å². The summed E-state index contributed by atoms with van der Waals surface area (Å²) in [7, 11) is 0. The smallest absolute Gasteiger partial charge is 0.137 e. The maximum absolute atomic E-state index is 8.92. The largest absolute Gasteiger partial charge is 0.492 e. The third kappa shape index (κ3) is 2.30. The van der Waals surface area contributed by atoms with E-state index in [9.17, 15) is 0 Å². The molecule has 0 unspecified atom stereocenters. The molecule has 15 heavy (non-hydrogen) atoms. The van der Waals surface area contributed by atoms with E-state index in [-0.39, 0.29) is 0 Å². The van der Waals surface area contributed by atoms with Gasteiger partial charge in [0, 0.05) is 0 Å². The van der Waals surface area contributed by atoms with Crippen LogP contribution in [0, 0.1) is 24.2 Å². The predicted molar refractivity (Wildman–Crippen MR) is 58.7 cm³/mol. The van der Waals surface area contributed by atoms with Crippen LogP contribution in [0.3, 0.4) is 0 Å². The van der Waals surface area contributed by atoms with Crippen molar-refractivity contribution in [3.05, 3.63) is 29.3 Å². The van der Waals surface area contributed by atoms with Gasteiger partial charge in [0.1, 0.15) is 11.8 Å². The monoisotopic (exact) mass is 201 g/mol. The first-order valence-corrected chi connectivity index (χ1v) is 5.43. The molecule has 0 N–H and O–H groups in total. The maximum atomic E-state index is 8.92. The molecule has 2 heteroatoms. The Bertz CT molecular complexity index is 388. The minimum absolute atomic E-state index is 0.639. The molecule has 1 aliphatic carbocycles. The zero-order chi connectivity index (χ0) is 10.7. The minimum Gasteiger partial charge on any atom is -0.492 e. The first kappa shape index (κ1) is 10.0. The highest BCUT2D eigenvalue weighted by atomic mass is 16.5. The van der Waals surface area contributed by atoms with Gasteiger partial charge in [-0.2, -0.15) is 5.26 Å². The van der Waals surface area contributed by atoms with Crippen molar-refractivity contribution in [1.29, 1.82) is 5.26 Å². The van der Waals surface area contributed by atoms with Gasteiger partial charge in [0.2, 0.25) is 0 Å². The average Bonchev–Trinajstić information content (AvgIpc) is 2.16. The van der Waals surface area contributed by atoms with Gasteiger partial charge in [-0.15, -0.1) is 0 Å². The number of nitrogens with zero attached hydrogens (tertiary/aromatic N) is 1. The number of rotatable bonds is 3. The number of nitriles is 1. The average molecular weight is 201 g/mol. The molecule has 0 heterocycles. The first-order chi connectivity index (χ1) is 7.29. The topological polar surface area (TPSA) is 33.0 Å². The Hall–Kier alpha value is -1.49. The predicted octanol–water partition coefficient (Wildman–Crippen LogP) is 3.05. The van der Waals surface area contributed by atoms with Crippen LogP contribution in [0.25, 0.3) is 0 Å². The van der Waals surface area contributed by atoms with Crippen molar-refractivity contribution in [1.82, 2.24) is 0 Å². The standard InChI is InChI=1S/C13H15NO/c1-10-5-6-12(8-14)13(7-10)15-9-11-3-2-4-11/h5-7,11H,2-4,9H2,1H3. The lowest BCUT2D eigenvalue weighted by atomic mass is 9.86. The summed E-state index contributed by atoms with van der Waals surface area (Å²) in [4.78, 5) is 0. The Morgan fingerprint density at radius 2 is 2.27 bits per heavy atom. The van der Waals surface area contributed by atoms with Crippen molar-refractivity contribution in [2.45, 2.75) is 26.2 Å². The Labute approximate surface area is 90.5 Å². The second-order valence-corrected chi connectivity index (χ2v) is 4.22. The van der Waals surface area contributed by atoms with Crippen LogP contribution in [0.15, 0.2) is 18.2 Å². The van der Waals surface area contributed by atoms with Crippen LogP contribution in [0.2, 0.25) is 0 Å². The lowest BCUT2D eigenvalue weighted by Gasteiger charge is -2.25. The highest BCUT2D eigenvalue weighted by molar-refractivity contribution is 5.44. The van der Waals surface area contributed by atoms with Crippen LogP contribution < -0.4 is 4.74 Å².